The lowest BCUT2D eigenvalue weighted by Gasteiger charge is -2.10. The van der Waals surface area contributed by atoms with Crippen molar-refractivity contribution in [3.05, 3.63) is 70.3 Å². The van der Waals surface area contributed by atoms with Gasteiger partial charge in [-0.15, -0.1) is 0 Å². The molecule has 0 atom stereocenters. The maximum atomic E-state index is 12.5. The molecule has 0 aliphatic rings. The van der Waals surface area contributed by atoms with Gasteiger partial charge in [0, 0.05) is 32.1 Å². The fourth-order valence-electron chi connectivity index (χ4n) is 3.62. The topological polar surface area (TPSA) is 68.9 Å². The zero-order valence-electron chi connectivity index (χ0n) is 16.2. The summed E-state index contributed by atoms with van der Waals surface area (Å²) in [5.41, 5.74) is 5.34. The van der Waals surface area contributed by atoms with Gasteiger partial charge in [-0.2, -0.15) is 0 Å². The minimum atomic E-state index is -0.0559. The Morgan fingerprint density at radius 2 is 1.86 bits per heavy atom. The molecule has 2 aromatic heterocycles. The molecule has 0 saturated carbocycles. The highest BCUT2D eigenvalue weighted by molar-refractivity contribution is 6.00. The number of rotatable bonds is 4. The van der Waals surface area contributed by atoms with Gasteiger partial charge in [-0.3, -0.25) is 18.9 Å². The Hall–Kier alpha value is -3.41. The monoisotopic (exact) mass is 374 g/mol. The molecule has 6 heteroatoms. The third kappa shape index (κ3) is 3.17. The van der Waals surface area contributed by atoms with Crippen LogP contribution in [0.1, 0.15) is 17.5 Å². The van der Waals surface area contributed by atoms with Gasteiger partial charge in [-0.05, 0) is 54.8 Å². The summed E-state index contributed by atoms with van der Waals surface area (Å²) < 4.78 is 3.26. The first-order valence-corrected chi connectivity index (χ1v) is 9.23. The summed E-state index contributed by atoms with van der Waals surface area (Å²) in [6.07, 6.45) is 2.68. The number of hydrogen-bond acceptors (Lipinski definition) is 3. The van der Waals surface area contributed by atoms with Gasteiger partial charge in [-0.25, -0.2) is 4.79 Å². The summed E-state index contributed by atoms with van der Waals surface area (Å²) in [4.78, 5) is 29.0. The van der Waals surface area contributed by atoms with Gasteiger partial charge in [0.25, 0.3) is 0 Å². The number of amides is 1. The van der Waals surface area contributed by atoms with E-state index in [1.807, 2.05) is 43.3 Å². The Kier molecular flexibility index (Phi) is 4.47. The average molecular weight is 374 g/mol. The van der Waals surface area contributed by atoms with E-state index in [2.05, 4.69) is 16.4 Å². The number of nitrogens with one attached hydrogen (secondary N) is 1. The lowest BCUT2D eigenvalue weighted by atomic mass is 10.1. The van der Waals surface area contributed by atoms with Gasteiger partial charge in [0.05, 0.1) is 22.2 Å². The van der Waals surface area contributed by atoms with Gasteiger partial charge in [0.2, 0.25) is 5.91 Å². The Labute approximate surface area is 162 Å². The molecule has 4 rings (SSSR count). The van der Waals surface area contributed by atoms with E-state index in [4.69, 9.17) is 0 Å². The molecule has 2 aromatic carbocycles. The molecule has 0 aliphatic heterocycles. The van der Waals surface area contributed by atoms with Crippen LogP contribution >= 0.6 is 0 Å². The fraction of sp³-hybridized carbons (Fsp3) is 0.227. The molecule has 0 unspecified atom stereocenters. The molecule has 4 aromatic rings. The van der Waals surface area contributed by atoms with Gasteiger partial charge < -0.3 is 5.32 Å². The molecular formula is C22H22N4O2. The second-order valence-electron chi connectivity index (χ2n) is 7.16. The van der Waals surface area contributed by atoms with Crippen LogP contribution in [-0.2, 0) is 25.3 Å². The predicted octanol–water partition coefficient (Wildman–Crippen LogP) is 3.30. The number of hydrogen-bond donors (Lipinski definition) is 1. The molecule has 6 nitrogen and oxygen atoms in total. The largest absolute Gasteiger partial charge is 0.328 e. The van der Waals surface area contributed by atoms with E-state index in [1.165, 1.54) is 0 Å². The highest BCUT2D eigenvalue weighted by Gasteiger charge is 2.11. The van der Waals surface area contributed by atoms with Crippen LogP contribution in [0.4, 0.5) is 5.69 Å². The highest BCUT2D eigenvalue weighted by atomic mass is 16.2. The molecule has 0 spiro atoms. The maximum absolute atomic E-state index is 12.5. The smallest absolute Gasteiger partial charge is 0.324 e. The van der Waals surface area contributed by atoms with Crippen LogP contribution in [0.5, 0.6) is 0 Å². The molecular weight excluding hydrogens is 352 g/mol. The Bertz CT molecular complexity index is 1270. The van der Waals surface area contributed by atoms with E-state index in [-0.39, 0.29) is 11.6 Å². The van der Waals surface area contributed by atoms with Crippen LogP contribution in [0, 0.1) is 6.92 Å². The van der Waals surface area contributed by atoms with E-state index < -0.39 is 0 Å². The Morgan fingerprint density at radius 1 is 1.07 bits per heavy atom. The SMILES string of the molecule is Cc1cc(NC(=O)CCc2ccc3c(c2)n(C)c(=O)n3C)c2ncccc2c1. The van der Waals surface area contributed by atoms with Gasteiger partial charge in [-0.1, -0.05) is 12.1 Å². The van der Waals surface area contributed by atoms with Crippen LogP contribution in [0.15, 0.2) is 53.5 Å². The van der Waals surface area contributed by atoms with E-state index in [0.29, 0.717) is 12.8 Å². The molecule has 142 valence electrons. The van der Waals surface area contributed by atoms with Crippen LogP contribution in [0.3, 0.4) is 0 Å². The molecule has 28 heavy (non-hydrogen) atoms. The second kappa shape index (κ2) is 6.96. The van der Waals surface area contributed by atoms with Crippen molar-refractivity contribution in [2.45, 2.75) is 19.8 Å². The number of fused-ring (bicyclic) bond motifs is 2. The number of anilines is 1. The van der Waals surface area contributed by atoms with E-state index >= 15 is 0 Å². The average Bonchev–Trinajstić information content (AvgIpc) is 2.90. The number of carbonyl (C=O) groups is 1. The minimum absolute atomic E-state index is 0.0521. The van der Waals surface area contributed by atoms with Crippen molar-refractivity contribution >= 4 is 33.5 Å². The number of pyridine rings is 1. The third-order valence-electron chi connectivity index (χ3n) is 5.10. The first kappa shape index (κ1) is 18.0. The molecule has 0 bridgehead atoms. The van der Waals surface area contributed by atoms with Gasteiger partial charge in [0.15, 0.2) is 0 Å². The van der Waals surface area contributed by atoms with Crippen LogP contribution in [0.25, 0.3) is 21.9 Å². The molecule has 1 N–H and O–H groups in total. The highest BCUT2D eigenvalue weighted by Crippen LogP contribution is 2.23. The summed E-state index contributed by atoms with van der Waals surface area (Å²) in [7, 11) is 3.52. The number of aromatic nitrogens is 3. The third-order valence-corrected chi connectivity index (χ3v) is 5.10. The van der Waals surface area contributed by atoms with Gasteiger partial charge in [0.1, 0.15) is 0 Å². The lowest BCUT2D eigenvalue weighted by molar-refractivity contribution is -0.116. The number of nitrogens with zero attached hydrogens (tertiary/aromatic N) is 3. The first-order chi connectivity index (χ1) is 13.4. The zero-order valence-corrected chi connectivity index (χ0v) is 16.2. The lowest BCUT2D eigenvalue weighted by Crippen LogP contribution is -2.19. The van der Waals surface area contributed by atoms with Crippen LogP contribution in [-0.4, -0.2) is 20.0 Å². The van der Waals surface area contributed by atoms with Crippen molar-refractivity contribution in [3.63, 3.8) is 0 Å². The van der Waals surface area contributed by atoms with Gasteiger partial charge >= 0.3 is 5.69 Å². The number of imidazole rings is 1. The van der Waals surface area contributed by atoms with Crippen molar-refractivity contribution in [2.75, 3.05) is 5.32 Å². The maximum Gasteiger partial charge on any atom is 0.328 e. The van der Waals surface area contributed by atoms with Crippen molar-refractivity contribution in [2.24, 2.45) is 14.1 Å². The molecule has 0 radical (unpaired) electrons. The molecule has 2 heterocycles. The fourth-order valence-corrected chi connectivity index (χ4v) is 3.62. The molecule has 0 saturated heterocycles. The van der Waals surface area contributed by atoms with Crippen LogP contribution < -0.4 is 11.0 Å². The van der Waals surface area contributed by atoms with Crippen LogP contribution in [0.2, 0.25) is 0 Å². The molecule has 1 amide bonds. The quantitative estimate of drug-likeness (QED) is 0.596. The predicted molar refractivity (Wildman–Crippen MR) is 112 cm³/mol. The van der Waals surface area contributed by atoms with Crippen molar-refractivity contribution in [3.8, 4) is 0 Å². The zero-order chi connectivity index (χ0) is 19.8. The first-order valence-electron chi connectivity index (χ1n) is 9.23. The normalized spacial score (nSPS) is 11.2. The Morgan fingerprint density at radius 3 is 2.68 bits per heavy atom. The Balaban J connectivity index is 1.52. The number of carbonyl (C=O) groups excluding carboxylic acids is 1. The number of aryl methyl sites for hydroxylation is 4. The van der Waals surface area contributed by atoms with E-state index in [0.717, 1.165) is 38.8 Å². The summed E-state index contributed by atoms with van der Waals surface area (Å²) >= 11 is 0. The van der Waals surface area contributed by atoms with Crippen molar-refractivity contribution < 1.29 is 4.79 Å². The van der Waals surface area contributed by atoms with Crippen molar-refractivity contribution in [1.82, 2.24) is 14.1 Å². The standard InChI is InChI=1S/C22H22N4O2/c1-14-11-16-5-4-10-23-21(16)17(12-14)24-20(27)9-7-15-6-8-18-19(13-15)26(3)22(28)25(18)2/h4-6,8,10-13H,7,9H2,1-3H3,(H,24,27). The number of benzene rings is 2. The molecule has 0 fully saturated rings. The minimum Gasteiger partial charge on any atom is -0.324 e. The summed E-state index contributed by atoms with van der Waals surface area (Å²) in [5.74, 6) is -0.0559. The summed E-state index contributed by atoms with van der Waals surface area (Å²) in [5, 5.41) is 4.00. The molecule has 0 aliphatic carbocycles. The summed E-state index contributed by atoms with van der Waals surface area (Å²) in [6, 6.07) is 13.8. The van der Waals surface area contributed by atoms with E-state index in [1.54, 1.807) is 29.4 Å². The van der Waals surface area contributed by atoms with Crippen molar-refractivity contribution in [1.29, 1.82) is 0 Å². The second-order valence-corrected chi connectivity index (χ2v) is 7.16. The summed E-state index contributed by atoms with van der Waals surface area (Å²) in [6.45, 7) is 2.00. The van der Waals surface area contributed by atoms with E-state index in [9.17, 15) is 9.59 Å².